The first kappa shape index (κ1) is 26.0. The van der Waals surface area contributed by atoms with Crippen LogP contribution in [0.4, 0.5) is 5.69 Å². The molecule has 11 heteroatoms. The topological polar surface area (TPSA) is 139 Å². The highest BCUT2D eigenvalue weighted by Crippen LogP contribution is 2.33. The lowest BCUT2D eigenvalue weighted by Gasteiger charge is -2.30. The molecule has 5 rings (SSSR count). The first-order valence-electron chi connectivity index (χ1n) is 12.1. The average molecular weight is 545 g/mol. The smallest absolute Gasteiger partial charge is 0.302 e. The third-order valence-corrected chi connectivity index (χ3v) is 7.70. The Kier molecular flexibility index (Phi) is 6.61. The predicted molar refractivity (Wildman–Crippen MR) is 144 cm³/mol. The first-order valence-corrected chi connectivity index (χ1v) is 13.6. The van der Waals surface area contributed by atoms with Crippen LogP contribution in [0, 0.1) is 13.8 Å². The number of hydrazone groups is 1. The van der Waals surface area contributed by atoms with E-state index in [4.69, 9.17) is 4.42 Å². The minimum absolute atomic E-state index is 0.0921. The van der Waals surface area contributed by atoms with E-state index in [9.17, 15) is 22.8 Å². The second kappa shape index (κ2) is 9.91. The number of benzene rings is 3. The van der Waals surface area contributed by atoms with E-state index in [0.29, 0.717) is 28.6 Å². The molecule has 1 fully saturated rings. The number of anilines is 1. The van der Waals surface area contributed by atoms with Crippen molar-refractivity contribution in [3.63, 3.8) is 0 Å². The zero-order valence-corrected chi connectivity index (χ0v) is 22.2. The van der Waals surface area contributed by atoms with Crippen molar-refractivity contribution in [1.29, 1.82) is 0 Å². The number of carbonyl (C=O) groups excluding carboxylic acids is 3. The largest absolute Gasteiger partial charge is 0.439 e. The van der Waals surface area contributed by atoms with Gasteiger partial charge in [-0.25, -0.2) is 9.88 Å². The molecule has 1 aromatic heterocycles. The van der Waals surface area contributed by atoms with Crippen molar-refractivity contribution < 1.29 is 27.2 Å². The van der Waals surface area contributed by atoms with E-state index in [1.807, 2.05) is 13.8 Å². The summed E-state index contributed by atoms with van der Waals surface area (Å²) >= 11 is 0. The number of amides is 2. The van der Waals surface area contributed by atoms with E-state index in [1.54, 1.807) is 61.5 Å². The van der Waals surface area contributed by atoms with Gasteiger partial charge in [-0.2, -0.15) is 18.4 Å². The van der Waals surface area contributed by atoms with Crippen molar-refractivity contribution in [3.05, 3.63) is 89.3 Å². The summed E-state index contributed by atoms with van der Waals surface area (Å²) in [6, 6.07) is 17.9. The first-order chi connectivity index (χ1) is 18.6. The molecule has 0 radical (unpaired) electrons. The second-order valence-electron chi connectivity index (χ2n) is 9.10. The molecule has 0 bridgehead atoms. The van der Waals surface area contributed by atoms with Crippen LogP contribution in [0.15, 0.2) is 81.1 Å². The maximum Gasteiger partial charge on any atom is 0.302 e. The summed E-state index contributed by atoms with van der Waals surface area (Å²) in [6.07, 6.45) is 0.476. The van der Waals surface area contributed by atoms with E-state index in [-0.39, 0.29) is 16.5 Å². The van der Waals surface area contributed by atoms with Gasteiger partial charge in [0, 0.05) is 0 Å². The molecule has 39 heavy (non-hydrogen) atoms. The number of rotatable bonds is 6. The van der Waals surface area contributed by atoms with Gasteiger partial charge in [0.25, 0.3) is 15.9 Å². The maximum absolute atomic E-state index is 13.9. The normalized spacial score (nSPS) is 17.3. The van der Waals surface area contributed by atoms with Gasteiger partial charge in [-0.1, -0.05) is 55.0 Å². The molecule has 0 spiro atoms. The Morgan fingerprint density at radius 2 is 1.67 bits per heavy atom. The monoisotopic (exact) mass is 544 g/mol. The molecular weight excluding hydrogens is 520 g/mol. The van der Waals surface area contributed by atoms with Gasteiger partial charge in [-0.15, -0.1) is 0 Å². The predicted octanol–water partition coefficient (Wildman–Crippen LogP) is 3.57. The molecule has 4 aromatic rings. The highest BCUT2D eigenvalue weighted by Gasteiger charge is 2.50. The van der Waals surface area contributed by atoms with Crippen molar-refractivity contribution >= 4 is 50.1 Å². The van der Waals surface area contributed by atoms with E-state index in [0.717, 1.165) is 10.5 Å². The van der Waals surface area contributed by atoms with Gasteiger partial charge in [0.05, 0.1) is 10.6 Å². The summed E-state index contributed by atoms with van der Waals surface area (Å²) < 4.78 is 31.7. The van der Waals surface area contributed by atoms with E-state index >= 15 is 0 Å². The summed E-state index contributed by atoms with van der Waals surface area (Å²) in [7, 11) is -4.22. The summed E-state index contributed by atoms with van der Waals surface area (Å²) in [5.41, 5.74) is 2.54. The van der Waals surface area contributed by atoms with Gasteiger partial charge in [0.15, 0.2) is 11.5 Å². The summed E-state index contributed by atoms with van der Waals surface area (Å²) in [6.45, 7) is 5.37. The molecule has 2 amide bonds. The van der Waals surface area contributed by atoms with Crippen LogP contribution < -0.4 is 9.73 Å². The second-order valence-corrected chi connectivity index (χ2v) is 10.8. The molecule has 0 unspecified atom stereocenters. The van der Waals surface area contributed by atoms with Crippen LogP contribution in [0.5, 0.6) is 0 Å². The van der Waals surface area contributed by atoms with Gasteiger partial charge in [-0.3, -0.25) is 14.4 Å². The summed E-state index contributed by atoms with van der Waals surface area (Å²) in [4.78, 5) is 48.0. The number of sulfonamides is 1. The fraction of sp³-hybridized carbons (Fsp3) is 0.179. The van der Waals surface area contributed by atoms with Gasteiger partial charge < -0.3 is 4.42 Å². The Labute approximate surface area is 224 Å². The SMILES string of the molecule is CCc1cccc(C)c1N1C(=O)C(=O)[C@@H](c2nc3ccccc3o2)/C(=N/NS(=O)(=O)c2ccc(C)cc2)C1=O. The zero-order valence-electron chi connectivity index (χ0n) is 21.3. The van der Waals surface area contributed by atoms with Gasteiger partial charge in [0.2, 0.25) is 11.7 Å². The number of imide groups is 1. The van der Waals surface area contributed by atoms with Crippen molar-refractivity contribution in [1.82, 2.24) is 9.82 Å². The zero-order chi connectivity index (χ0) is 27.9. The lowest BCUT2D eigenvalue weighted by molar-refractivity contribution is -0.139. The van der Waals surface area contributed by atoms with E-state index < -0.39 is 39.3 Å². The molecule has 0 aliphatic carbocycles. The van der Waals surface area contributed by atoms with Crippen LogP contribution in [0.25, 0.3) is 11.1 Å². The number of aromatic nitrogens is 1. The number of carbonyl (C=O) groups is 3. The molecule has 3 aromatic carbocycles. The summed E-state index contributed by atoms with van der Waals surface area (Å²) in [5.74, 6) is -4.96. The number of Topliss-reactive ketones (excluding diaryl/α,β-unsaturated/α-hetero) is 1. The Morgan fingerprint density at radius 3 is 2.36 bits per heavy atom. The fourth-order valence-electron chi connectivity index (χ4n) is 4.45. The van der Waals surface area contributed by atoms with Crippen molar-refractivity contribution in [2.75, 3.05) is 4.90 Å². The number of piperidine rings is 1. The van der Waals surface area contributed by atoms with Crippen LogP contribution in [0.3, 0.4) is 0 Å². The minimum atomic E-state index is -4.22. The molecule has 10 nitrogen and oxygen atoms in total. The van der Waals surface area contributed by atoms with Crippen LogP contribution in [-0.2, 0) is 30.8 Å². The van der Waals surface area contributed by atoms with Gasteiger partial charge in [0.1, 0.15) is 11.2 Å². The standard InChI is InChI=1S/C28H24N4O6S/c1-4-18-9-7-8-17(3)24(18)32-27(34)23(30-31-39(36,37)19-14-12-16(2)13-15-19)22(25(33)28(32)35)26-29-20-10-5-6-11-21(20)38-26/h5-15,22,31H,4H2,1-3H3/b30-23-/t22-/m0/s1. The molecular formula is C28H24N4O6S. The Balaban J connectivity index is 1.66. The van der Waals surface area contributed by atoms with Crippen LogP contribution in [-0.4, -0.2) is 36.7 Å². The molecule has 198 valence electrons. The van der Waals surface area contributed by atoms with Crippen molar-refractivity contribution in [2.24, 2.45) is 5.10 Å². The quantitative estimate of drug-likeness (QED) is 0.222. The third-order valence-electron chi connectivity index (χ3n) is 6.47. The number of nitrogens with zero attached hydrogens (tertiary/aromatic N) is 3. The number of hydrogen-bond acceptors (Lipinski definition) is 8. The minimum Gasteiger partial charge on any atom is -0.439 e. The lowest BCUT2D eigenvalue weighted by Crippen LogP contribution is -2.55. The van der Waals surface area contributed by atoms with E-state index in [1.165, 1.54) is 12.1 Å². The van der Waals surface area contributed by atoms with Crippen LogP contribution in [0.1, 0.15) is 35.4 Å². The van der Waals surface area contributed by atoms with E-state index in [2.05, 4.69) is 14.9 Å². The molecule has 1 aliphatic rings. The molecule has 2 heterocycles. The Bertz CT molecular complexity index is 1740. The number of nitrogens with one attached hydrogen (secondary N) is 1. The number of para-hydroxylation sites is 3. The van der Waals surface area contributed by atoms with Crippen molar-refractivity contribution in [3.8, 4) is 0 Å². The van der Waals surface area contributed by atoms with Crippen LogP contribution >= 0.6 is 0 Å². The van der Waals surface area contributed by atoms with Gasteiger partial charge in [-0.05, 0) is 55.7 Å². The Morgan fingerprint density at radius 1 is 0.949 bits per heavy atom. The molecule has 0 saturated carbocycles. The van der Waals surface area contributed by atoms with Crippen molar-refractivity contribution in [2.45, 2.75) is 38.0 Å². The number of hydrogen-bond donors (Lipinski definition) is 1. The molecule has 1 saturated heterocycles. The lowest BCUT2D eigenvalue weighted by atomic mass is 9.90. The molecule has 1 atom stereocenters. The Hall–Kier alpha value is -4.64. The van der Waals surface area contributed by atoms with Gasteiger partial charge >= 0.3 is 5.91 Å². The highest BCUT2D eigenvalue weighted by atomic mass is 32.2. The third kappa shape index (κ3) is 4.61. The molecule has 1 aliphatic heterocycles. The molecule has 1 N–H and O–H groups in total. The fourth-order valence-corrected chi connectivity index (χ4v) is 5.27. The number of oxazole rings is 1. The number of aryl methyl sites for hydroxylation is 3. The maximum atomic E-state index is 13.9. The highest BCUT2D eigenvalue weighted by molar-refractivity contribution is 7.89. The number of fused-ring (bicyclic) bond motifs is 1. The summed E-state index contributed by atoms with van der Waals surface area (Å²) in [5, 5.41) is 3.92. The number of ketones is 1. The van der Waals surface area contributed by atoms with Crippen LogP contribution in [0.2, 0.25) is 0 Å². The average Bonchev–Trinajstić information content (AvgIpc) is 3.34.